The van der Waals surface area contributed by atoms with Crippen molar-refractivity contribution in [3.05, 3.63) is 45.9 Å². The van der Waals surface area contributed by atoms with Gasteiger partial charge in [-0.3, -0.25) is 4.68 Å². The van der Waals surface area contributed by atoms with E-state index in [0.717, 1.165) is 5.56 Å². The molecule has 2 aromatic rings. The molecule has 1 N–H and O–H groups in total. The predicted molar refractivity (Wildman–Crippen MR) is 76.4 cm³/mol. The Morgan fingerprint density at radius 3 is 2.80 bits per heavy atom. The van der Waals surface area contributed by atoms with Gasteiger partial charge in [-0.25, -0.2) is 9.18 Å². The van der Waals surface area contributed by atoms with E-state index in [1.165, 1.54) is 12.1 Å². The molecule has 0 saturated carbocycles. The van der Waals surface area contributed by atoms with Crippen LogP contribution in [-0.4, -0.2) is 27.9 Å². The highest BCUT2D eigenvalue weighted by molar-refractivity contribution is 9.10. The van der Waals surface area contributed by atoms with Crippen LogP contribution in [0.25, 0.3) is 0 Å². The largest absolute Gasteiger partial charge is 0.478 e. The van der Waals surface area contributed by atoms with E-state index < -0.39 is 11.8 Å². The first-order chi connectivity index (χ1) is 9.40. The molecule has 20 heavy (non-hydrogen) atoms. The van der Waals surface area contributed by atoms with Crippen molar-refractivity contribution in [1.82, 2.24) is 9.78 Å². The molecular formula is C13H13BrFN3O2. The van der Waals surface area contributed by atoms with Gasteiger partial charge < -0.3 is 10.0 Å². The zero-order valence-electron chi connectivity index (χ0n) is 11.0. The molecule has 0 aliphatic heterocycles. The third-order valence-corrected chi connectivity index (χ3v) is 3.66. The molecular weight excluding hydrogens is 329 g/mol. The highest BCUT2D eigenvalue weighted by Gasteiger charge is 2.18. The van der Waals surface area contributed by atoms with Gasteiger partial charge in [-0.2, -0.15) is 5.10 Å². The lowest BCUT2D eigenvalue weighted by molar-refractivity contribution is 0.0695. The molecule has 106 valence electrons. The molecule has 0 radical (unpaired) electrons. The summed E-state index contributed by atoms with van der Waals surface area (Å²) in [6.45, 7) is 0.476. The number of carbonyl (C=O) groups is 1. The Bertz CT molecular complexity index is 657. The predicted octanol–water partition coefficient (Wildman–Crippen LogP) is 2.66. The van der Waals surface area contributed by atoms with Crippen molar-refractivity contribution >= 4 is 27.6 Å². The first-order valence-corrected chi connectivity index (χ1v) is 6.59. The second kappa shape index (κ2) is 5.62. The maximum atomic E-state index is 14.2. The zero-order chi connectivity index (χ0) is 14.9. The summed E-state index contributed by atoms with van der Waals surface area (Å²) in [5.74, 6) is -1.76. The maximum absolute atomic E-state index is 14.2. The average Bonchev–Trinajstić information content (AvgIpc) is 2.77. The number of aromatic nitrogens is 2. The van der Waals surface area contributed by atoms with Gasteiger partial charge in [-0.05, 0) is 28.1 Å². The summed E-state index contributed by atoms with van der Waals surface area (Å²) in [6, 6.07) is 2.84. The van der Waals surface area contributed by atoms with Crippen molar-refractivity contribution in [2.45, 2.75) is 6.54 Å². The summed E-state index contributed by atoms with van der Waals surface area (Å²) in [7, 11) is 3.54. The van der Waals surface area contributed by atoms with E-state index in [2.05, 4.69) is 21.0 Å². The van der Waals surface area contributed by atoms with Crippen LogP contribution in [0.4, 0.5) is 10.1 Å². The Labute approximate surface area is 123 Å². The van der Waals surface area contributed by atoms with E-state index in [0.29, 0.717) is 12.2 Å². The lowest BCUT2D eigenvalue weighted by Gasteiger charge is -2.20. The number of halogens is 2. The van der Waals surface area contributed by atoms with E-state index in [-0.39, 0.29) is 10.0 Å². The monoisotopic (exact) mass is 341 g/mol. The molecule has 2 rings (SSSR count). The summed E-state index contributed by atoms with van der Waals surface area (Å²) >= 11 is 2.99. The smallest absolute Gasteiger partial charge is 0.336 e. The molecule has 7 heteroatoms. The van der Waals surface area contributed by atoms with Crippen LogP contribution < -0.4 is 4.90 Å². The molecule has 1 aromatic heterocycles. The van der Waals surface area contributed by atoms with Crippen LogP contribution in [0.3, 0.4) is 0 Å². The Morgan fingerprint density at radius 2 is 2.25 bits per heavy atom. The molecule has 1 heterocycles. The van der Waals surface area contributed by atoms with Gasteiger partial charge in [-0.1, -0.05) is 0 Å². The number of aromatic carboxylic acids is 1. The van der Waals surface area contributed by atoms with Gasteiger partial charge in [0.1, 0.15) is 0 Å². The fraction of sp³-hybridized carbons (Fsp3) is 0.231. The van der Waals surface area contributed by atoms with Crippen LogP contribution in [-0.2, 0) is 13.6 Å². The minimum Gasteiger partial charge on any atom is -0.478 e. The molecule has 0 saturated heterocycles. The number of hydrogen-bond acceptors (Lipinski definition) is 3. The number of carboxylic acid groups (broad SMARTS) is 1. The quantitative estimate of drug-likeness (QED) is 0.928. The summed E-state index contributed by atoms with van der Waals surface area (Å²) in [5, 5.41) is 13.0. The summed E-state index contributed by atoms with van der Waals surface area (Å²) in [5.41, 5.74) is 1.17. The second-order valence-corrected chi connectivity index (χ2v) is 5.24. The molecule has 0 unspecified atom stereocenters. The fourth-order valence-corrected chi connectivity index (χ4v) is 2.42. The zero-order valence-corrected chi connectivity index (χ0v) is 12.6. The van der Waals surface area contributed by atoms with Gasteiger partial charge in [-0.15, -0.1) is 0 Å². The van der Waals surface area contributed by atoms with Gasteiger partial charge in [0.05, 0.1) is 21.9 Å². The van der Waals surface area contributed by atoms with Crippen LogP contribution in [0, 0.1) is 5.82 Å². The Kier molecular flexibility index (Phi) is 4.08. The van der Waals surface area contributed by atoms with E-state index in [9.17, 15) is 9.18 Å². The summed E-state index contributed by atoms with van der Waals surface area (Å²) in [6.07, 6.45) is 3.55. The normalized spacial score (nSPS) is 10.6. The van der Waals surface area contributed by atoms with E-state index >= 15 is 0 Å². The average molecular weight is 342 g/mol. The Morgan fingerprint density at radius 1 is 1.55 bits per heavy atom. The topological polar surface area (TPSA) is 58.4 Å². The lowest BCUT2D eigenvalue weighted by Crippen LogP contribution is -2.18. The molecule has 0 fully saturated rings. The van der Waals surface area contributed by atoms with Crippen LogP contribution in [0.5, 0.6) is 0 Å². The molecule has 0 aliphatic rings. The number of aryl methyl sites for hydroxylation is 1. The second-order valence-electron chi connectivity index (χ2n) is 4.44. The molecule has 0 aliphatic carbocycles. The van der Waals surface area contributed by atoms with Crippen molar-refractivity contribution in [2.24, 2.45) is 7.05 Å². The molecule has 0 spiro atoms. The summed E-state index contributed by atoms with van der Waals surface area (Å²) in [4.78, 5) is 12.6. The van der Waals surface area contributed by atoms with Crippen molar-refractivity contribution in [3.63, 3.8) is 0 Å². The number of benzene rings is 1. The third-order valence-electron chi connectivity index (χ3n) is 2.88. The van der Waals surface area contributed by atoms with Crippen LogP contribution in [0.1, 0.15) is 15.9 Å². The van der Waals surface area contributed by atoms with Gasteiger partial charge in [0.25, 0.3) is 0 Å². The number of anilines is 1. The lowest BCUT2D eigenvalue weighted by atomic mass is 10.2. The van der Waals surface area contributed by atoms with E-state index in [1.807, 2.05) is 13.2 Å². The fourth-order valence-electron chi connectivity index (χ4n) is 1.91. The molecule has 1 aromatic carbocycles. The van der Waals surface area contributed by atoms with Crippen molar-refractivity contribution < 1.29 is 14.3 Å². The highest BCUT2D eigenvalue weighted by Crippen LogP contribution is 2.29. The number of nitrogens with zero attached hydrogens (tertiary/aromatic N) is 3. The first kappa shape index (κ1) is 14.5. The molecule has 0 bridgehead atoms. The third kappa shape index (κ3) is 2.82. The SMILES string of the molecule is CN(Cc1cnn(C)c1)c1ccc(C(=O)O)c(Br)c1F. The van der Waals surface area contributed by atoms with Crippen molar-refractivity contribution in [3.8, 4) is 0 Å². The summed E-state index contributed by atoms with van der Waals surface area (Å²) < 4.78 is 15.8. The number of hydrogen-bond donors (Lipinski definition) is 1. The highest BCUT2D eigenvalue weighted by atomic mass is 79.9. The van der Waals surface area contributed by atoms with Gasteiger partial charge in [0.2, 0.25) is 0 Å². The Balaban J connectivity index is 2.28. The first-order valence-electron chi connectivity index (χ1n) is 5.80. The van der Waals surface area contributed by atoms with Gasteiger partial charge in [0, 0.05) is 32.4 Å². The van der Waals surface area contributed by atoms with E-state index in [4.69, 9.17) is 5.11 Å². The minimum atomic E-state index is -1.17. The maximum Gasteiger partial charge on any atom is 0.336 e. The van der Waals surface area contributed by atoms with Crippen LogP contribution in [0.15, 0.2) is 29.0 Å². The minimum absolute atomic E-state index is 0.0412. The van der Waals surface area contributed by atoms with Crippen LogP contribution in [0.2, 0.25) is 0 Å². The van der Waals surface area contributed by atoms with Crippen molar-refractivity contribution in [2.75, 3.05) is 11.9 Å². The van der Waals surface area contributed by atoms with Crippen molar-refractivity contribution in [1.29, 1.82) is 0 Å². The Hall–Kier alpha value is -1.89. The number of rotatable bonds is 4. The van der Waals surface area contributed by atoms with Crippen LogP contribution >= 0.6 is 15.9 Å². The standard InChI is InChI=1S/C13H13BrFN3O2/c1-17(6-8-5-16-18(2)7-8)10-4-3-9(13(19)20)11(14)12(10)15/h3-5,7H,6H2,1-2H3,(H,19,20). The molecule has 0 amide bonds. The molecule has 5 nitrogen and oxygen atoms in total. The van der Waals surface area contributed by atoms with E-state index in [1.54, 1.807) is 22.8 Å². The number of carboxylic acids is 1. The molecule has 0 atom stereocenters. The van der Waals surface area contributed by atoms with Gasteiger partial charge in [0.15, 0.2) is 5.82 Å². The van der Waals surface area contributed by atoms with Gasteiger partial charge >= 0.3 is 5.97 Å².